The third-order valence-corrected chi connectivity index (χ3v) is 2.92. The minimum Gasteiger partial charge on any atom is -0.213 e. The van der Waals surface area contributed by atoms with Gasteiger partial charge in [0.25, 0.3) is 0 Å². The van der Waals surface area contributed by atoms with E-state index in [1.807, 2.05) is 12.1 Å². The Morgan fingerprint density at radius 3 is 2.47 bits per heavy atom. The van der Waals surface area contributed by atoms with Crippen molar-refractivity contribution in [3.8, 4) is 0 Å². The summed E-state index contributed by atoms with van der Waals surface area (Å²) in [6, 6.07) is 12.1. The third-order valence-electron chi connectivity index (χ3n) is 1.73. The van der Waals surface area contributed by atoms with Crippen LogP contribution in [0.4, 0.5) is 4.39 Å². The molecule has 0 radical (unpaired) electrons. The molecule has 1 nitrogen and oxygen atoms in total. The Bertz CT molecular complexity index is 458. The van der Waals surface area contributed by atoms with Gasteiger partial charge in [-0.2, -0.15) is 4.39 Å². The van der Waals surface area contributed by atoms with Crippen LogP contribution in [-0.2, 0) is 0 Å². The number of pyridine rings is 1. The summed E-state index contributed by atoms with van der Waals surface area (Å²) in [4.78, 5) is 4.74. The number of nitrogens with zero attached hydrogens (tertiary/aromatic N) is 1. The van der Waals surface area contributed by atoms with Gasteiger partial charge in [-0.25, -0.2) is 4.98 Å². The van der Waals surface area contributed by atoms with Gasteiger partial charge in [-0.05, 0) is 36.4 Å². The predicted molar refractivity (Wildman–Crippen MR) is 59.8 cm³/mol. The fourth-order valence-corrected chi connectivity index (χ4v) is 1.99. The summed E-state index contributed by atoms with van der Waals surface area (Å²) in [5.74, 6) is -0.464. The second-order valence-corrected chi connectivity index (χ2v) is 4.38. The fourth-order valence-electron chi connectivity index (χ4n) is 1.07. The zero-order valence-electron chi connectivity index (χ0n) is 7.65. The van der Waals surface area contributed by atoms with E-state index < -0.39 is 5.95 Å². The fraction of sp³-hybridized carbons (Fsp3) is 0. The summed E-state index contributed by atoms with van der Waals surface area (Å²) in [5, 5.41) is 1.32. The SMILES string of the molecule is Fc1cccc(Sc2ccc(Cl)cc2)n1. The molecule has 0 N–H and O–H groups in total. The van der Waals surface area contributed by atoms with Gasteiger partial charge in [-0.1, -0.05) is 29.4 Å². The lowest BCUT2D eigenvalue weighted by molar-refractivity contribution is 0.572. The average molecular weight is 240 g/mol. The van der Waals surface area contributed by atoms with Crippen molar-refractivity contribution >= 4 is 23.4 Å². The molecule has 15 heavy (non-hydrogen) atoms. The van der Waals surface area contributed by atoms with Crippen LogP contribution in [0, 0.1) is 5.95 Å². The molecule has 1 heterocycles. The molecule has 2 rings (SSSR count). The van der Waals surface area contributed by atoms with E-state index in [1.165, 1.54) is 17.8 Å². The number of hydrogen-bond acceptors (Lipinski definition) is 2. The van der Waals surface area contributed by atoms with Gasteiger partial charge >= 0.3 is 0 Å². The Labute approximate surface area is 96.3 Å². The molecular formula is C11H7ClFNS. The standard InChI is InChI=1S/C11H7ClFNS/c12-8-4-6-9(7-5-8)15-11-3-1-2-10(13)14-11/h1-7H. The number of benzene rings is 1. The van der Waals surface area contributed by atoms with E-state index in [0.717, 1.165) is 4.90 Å². The minimum atomic E-state index is -0.464. The van der Waals surface area contributed by atoms with Crippen LogP contribution < -0.4 is 0 Å². The first kappa shape index (κ1) is 10.5. The van der Waals surface area contributed by atoms with Crippen molar-refractivity contribution < 1.29 is 4.39 Å². The largest absolute Gasteiger partial charge is 0.213 e. The van der Waals surface area contributed by atoms with Crippen molar-refractivity contribution in [2.75, 3.05) is 0 Å². The van der Waals surface area contributed by atoms with Crippen molar-refractivity contribution in [3.63, 3.8) is 0 Å². The number of aromatic nitrogens is 1. The lowest BCUT2D eigenvalue weighted by Crippen LogP contribution is -1.83. The van der Waals surface area contributed by atoms with Crippen LogP contribution in [0.3, 0.4) is 0 Å². The summed E-state index contributed by atoms with van der Waals surface area (Å²) >= 11 is 7.16. The molecule has 1 aromatic carbocycles. The molecule has 0 atom stereocenters. The van der Waals surface area contributed by atoms with Gasteiger partial charge in [0.15, 0.2) is 0 Å². The summed E-state index contributed by atoms with van der Waals surface area (Å²) < 4.78 is 12.8. The second-order valence-electron chi connectivity index (χ2n) is 2.85. The monoisotopic (exact) mass is 239 g/mol. The molecule has 0 bridgehead atoms. The van der Waals surface area contributed by atoms with Crippen LogP contribution >= 0.6 is 23.4 Å². The topological polar surface area (TPSA) is 12.9 Å². The molecule has 0 unspecified atom stereocenters. The zero-order valence-corrected chi connectivity index (χ0v) is 9.23. The lowest BCUT2D eigenvalue weighted by atomic mass is 10.4. The van der Waals surface area contributed by atoms with Crippen molar-refractivity contribution in [1.82, 2.24) is 4.98 Å². The van der Waals surface area contributed by atoms with E-state index in [4.69, 9.17) is 11.6 Å². The van der Waals surface area contributed by atoms with Crippen LogP contribution in [0.1, 0.15) is 0 Å². The van der Waals surface area contributed by atoms with Crippen LogP contribution in [0.5, 0.6) is 0 Å². The highest BCUT2D eigenvalue weighted by atomic mass is 35.5. The molecule has 0 amide bonds. The molecule has 4 heteroatoms. The smallest absolute Gasteiger partial charge is 0.213 e. The van der Waals surface area contributed by atoms with Gasteiger partial charge in [0.05, 0.1) is 0 Å². The minimum absolute atomic E-state index is 0.464. The molecule has 76 valence electrons. The van der Waals surface area contributed by atoms with Crippen LogP contribution in [0.25, 0.3) is 0 Å². The first-order valence-corrected chi connectivity index (χ1v) is 5.49. The summed E-state index contributed by atoms with van der Waals surface area (Å²) in [5.41, 5.74) is 0. The van der Waals surface area contributed by atoms with E-state index in [2.05, 4.69) is 4.98 Å². The molecule has 0 aliphatic carbocycles. The van der Waals surface area contributed by atoms with Crippen LogP contribution in [-0.4, -0.2) is 4.98 Å². The van der Waals surface area contributed by atoms with E-state index in [0.29, 0.717) is 10.0 Å². The third kappa shape index (κ3) is 2.94. The van der Waals surface area contributed by atoms with Crippen molar-refractivity contribution in [2.45, 2.75) is 9.92 Å². The van der Waals surface area contributed by atoms with Crippen molar-refractivity contribution in [2.24, 2.45) is 0 Å². The Morgan fingerprint density at radius 1 is 1.07 bits per heavy atom. The molecule has 0 aliphatic rings. The zero-order chi connectivity index (χ0) is 10.7. The van der Waals surface area contributed by atoms with Gasteiger partial charge in [0.2, 0.25) is 5.95 Å². The van der Waals surface area contributed by atoms with Gasteiger partial charge < -0.3 is 0 Å². The van der Waals surface area contributed by atoms with Crippen molar-refractivity contribution in [1.29, 1.82) is 0 Å². The number of halogens is 2. The Balaban J connectivity index is 2.18. The highest BCUT2D eigenvalue weighted by Crippen LogP contribution is 2.26. The highest BCUT2D eigenvalue weighted by Gasteiger charge is 1.99. The van der Waals surface area contributed by atoms with Gasteiger partial charge in [0.1, 0.15) is 5.03 Å². The van der Waals surface area contributed by atoms with E-state index in [-0.39, 0.29) is 0 Å². The van der Waals surface area contributed by atoms with Gasteiger partial charge in [-0.3, -0.25) is 0 Å². The lowest BCUT2D eigenvalue weighted by Gasteiger charge is -2.00. The van der Waals surface area contributed by atoms with E-state index in [9.17, 15) is 4.39 Å². The molecule has 0 saturated carbocycles. The van der Waals surface area contributed by atoms with Crippen molar-refractivity contribution in [3.05, 3.63) is 53.4 Å². The predicted octanol–water partition coefficient (Wildman–Crippen LogP) is 4.03. The Hall–Kier alpha value is -1.06. The Morgan fingerprint density at radius 2 is 1.80 bits per heavy atom. The highest BCUT2D eigenvalue weighted by molar-refractivity contribution is 7.99. The average Bonchev–Trinajstić information content (AvgIpc) is 2.22. The summed E-state index contributed by atoms with van der Waals surface area (Å²) in [6.07, 6.45) is 0. The summed E-state index contributed by atoms with van der Waals surface area (Å²) in [6.45, 7) is 0. The first-order chi connectivity index (χ1) is 7.24. The van der Waals surface area contributed by atoms with E-state index in [1.54, 1.807) is 24.3 Å². The van der Waals surface area contributed by atoms with Crippen LogP contribution in [0.15, 0.2) is 52.4 Å². The molecular weight excluding hydrogens is 233 g/mol. The molecule has 1 aromatic heterocycles. The molecule has 0 spiro atoms. The normalized spacial score (nSPS) is 10.3. The molecule has 2 aromatic rings. The number of hydrogen-bond donors (Lipinski definition) is 0. The quantitative estimate of drug-likeness (QED) is 0.734. The maximum absolute atomic E-state index is 12.8. The van der Waals surface area contributed by atoms with Gasteiger partial charge in [-0.15, -0.1) is 0 Å². The van der Waals surface area contributed by atoms with Crippen LogP contribution in [0.2, 0.25) is 5.02 Å². The number of rotatable bonds is 2. The maximum Gasteiger partial charge on any atom is 0.213 e. The second kappa shape index (κ2) is 4.64. The van der Waals surface area contributed by atoms with Gasteiger partial charge in [0, 0.05) is 9.92 Å². The van der Waals surface area contributed by atoms with E-state index >= 15 is 0 Å². The Kier molecular flexibility index (Phi) is 3.23. The first-order valence-electron chi connectivity index (χ1n) is 4.30. The molecule has 0 saturated heterocycles. The molecule has 0 fully saturated rings. The molecule has 0 aliphatic heterocycles. The maximum atomic E-state index is 12.8. The summed E-state index contributed by atoms with van der Waals surface area (Å²) in [7, 11) is 0.